The first kappa shape index (κ1) is 20.9. The Hall–Kier alpha value is -2.84. The van der Waals surface area contributed by atoms with Gasteiger partial charge >= 0.3 is 0 Å². The third-order valence-electron chi connectivity index (χ3n) is 4.60. The van der Waals surface area contributed by atoms with Gasteiger partial charge in [-0.15, -0.1) is 0 Å². The minimum atomic E-state index is -3.75. The number of H-pyrrole nitrogens is 1. The molecular formula is C21H25N3O4S. The average molecular weight is 416 g/mol. The largest absolute Gasteiger partial charge is 0.492 e. The Labute approximate surface area is 170 Å². The number of aromatic nitrogens is 1. The molecule has 0 bridgehead atoms. The Morgan fingerprint density at radius 3 is 2.45 bits per heavy atom. The van der Waals surface area contributed by atoms with E-state index in [1.54, 1.807) is 39.0 Å². The second kappa shape index (κ2) is 8.67. The Bertz CT molecular complexity index is 1080. The minimum Gasteiger partial charge on any atom is -0.492 e. The van der Waals surface area contributed by atoms with Gasteiger partial charge in [-0.1, -0.05) is 32.0 Å². The number of hydrogen-bond donors (Lipinski definition) is 2. The number of nitrogens with one attached hydrogen (secondary N) is 2. The van der Waals surface area contributed by atoms with E-state index in [2.05, 4.69) is 10.3 Å². The van der Waals surface area contributed by atoms with Gasteiger partial charge in [-0.25, -0.2) is 8.42 Å². The van der Waals surface area contributed by atoms with Crippen LogP contribution in [0.4, 0.5) is 5.69 Å². The molecule has 0 aliphatic carbocycles. The predicted octanol–water partition coefficient (Wildman–Crippen LogP) is 3.85. The number of aromatic amines is 1. The quantitative estimate of drug-likeness (QED) is 0.585. The van der Waals surface area contributed by atoms with Crippen molar-refractivity contribution < 1.29 is 17.9 Å². The van der Waals surface area contributed by atoms with Gasteiger partial charge in [-0.2, -0.15) is 4.31 Å². The van der Waals surface area contributed by atoms with Crippen LogP contribution in [-0.2, 0) is 10.0 Å². The number of carbonyl (C=O) groups is 1. The van der Waals surface area contributed by atoms with Crippen molar-refractivity contribution in [3.8, 4) is 5.75 Å². The molecule has 0 radical (unpaired) electrons. The molecule has 0 saturated carbocycles. The van der Waals surface area contributed by atoms with Crippen molar-refractivity contribution in [2.24, 2.45) is 0 Å². The second-order valence-corrected chi connectivity index (χ2v) is 8.31. The monoisotopic (exact) mass is 415 g/mol. The van der Waals surface area contributed by atoms with Crippen molar-refractivity contribution in [3.63, 3.8) is 0 Å². The lowest BCUT2D eigenvalue weighted by Crippen LogP contribution is -2.31. The number of carbonyl (C=O) groups excluding carboxylic acids is 1. The summed E-state index contributed by atoms with van der Waals surface area (Å²) in [7, 11) is -3.75. The van der Waals surface area contributed by atoms with Crippen LogP contribution < -0.4 is 10.1 Å². The Kier molecular flexibility index (Phi) is 6.24. The lowest BCUT2D eigenvalue weighted by molar-refractivity contribution is 0.102. The SMILES string of the molecule is CCOc1ccc(NC(=O)c2cc3ccccc3[nH]2)cc1S(=O)(=O)N(CC)CC. The van der Waals surface area contributed by atoms with E-state index in [1.807, 2.05) is 24.3 Å². The number of rotatable bonds is 8. The Morgan fingerprint density at radius 2 is 1.79 bits per heavy atom. The molecule has 1 amide bonds. The molecule has 3 aromatic rings. The molecule has 1 heterocycles. The van der Waals surface area contributed by atoms with E-state index in [4.69, 9.17) is 4.74 Å². The summed E-state index contributed by atoms with van der Waals surface area (Å²) < 4.78 is 33.0. The average Bonchev–Trinajstić information content (AvgIpc) is 3.14. The summed E-state index contributed by atoms with van der Waals surface area (Å²) in [6, 6.07) is 14.0. The van der Waals surface area contributed by atoms with Crippen LogP contribution in [0, 0.1) is 0 Å². The number of para-hydroxylation sites is 1. The first-order chi connectivity index (χ1) is 13.9. The molecule has 0 aliphatic heterocycles. The number of nitrogens with zero attached hydrogens (tertiary/aromatic N) is 1. The van der Waals surface area contributed by atoms with Gasteiger partial charge in [-0.3, -0.25) is 4.79 Å². The topological polar surface area (TPSA) is 91.5 Å². The predicted molar refractivity (Wildman–Crippen MR) is 114 cm³/mol. The molecule has 0 aliphatic rings. The zero-order valence-electron chi connectivity index (χ0n) is 16.7. The molecule has 0 fully saturated rings. The molecule has 154 valence electrons. The smallest absolute Gasteiger partial charge is 0.272 e. The molecule has 3 rings (SSSR count). The molecule has 8 heteroatoms. The van der Waals surface area contributed by atoms with Crippen molar-refractivity contribution in [1.29, 1.82) is 0 Å². The molecule has 0 saturated heterocycles. The molecule has 7 nitrogen and oxygen atoms in total. The Morgan fingerprint density at radius 1 is 1.07 bits per heavy atom. The number of sulfonamides is 1. The molecule has 1 aromatic heterocycles. The van der Waals surface area contributed by atoms with E-state index in [-0.39, 0.29) is 16.6 Å². The molecule has 0 unspecified atom stereocenters. The van der Waals surface area contributed by atoms with E-state index in [0.29, 0.717) is 31.1 Å². The summed E-state index contributed by atoms with van der Waals surface area (Å²) in [6.07, 6.45) is 0. The molecule has 29 heavy (non-hydrogen) atoms. The fraction of sp³-hybridized carbons (Fsp3) is 0.286. The van der Waals surface area contributed by atoms with Gasteiger partial charge in [0.05, 0.1) is 6.61 Å². The van der Waals surface area contributed by atoms with Gasteiger partial charge in [0, 0.05) is 29.7 Å². The molecule has 0 spiro atoms. The van der Waals surface area contributed by atoms with Crippen molar-refractivity contribution in [2.45, 2.75) is 25.7 Å². The van der Waals surface area contributed by atoms with Crippen molar-refractivity contribution in [1.82, 2.24) is 9.29 Å². The standard InChI is InChI=1S/C21H25N3O4S/c1-4-24(5-2)29(26,27)20-14-16(11-12-19(20)28-6-3)22-21(25)18-13-15-9-7-8-10-17(15)23-18/h7-14,23H,4-6H2,1-3H3,(H,22,25). The maximum absolute atomic E-state index is 13.0. The van der Waals surface area contributed by atoms with E-state index in [9.17, 15) is 13.2 Å². The number of anilines is 1. The van der Waals surface area contributed by atoms with Crippen LogP contribution >= 0.6 is 0 Å². The van der Waals surface area contributed by atoms with Crippen LogP contribution in [0.3, 0.4) is 0 Å². The van der Waals surface area contributed by atoms with E-state index in [1.165, 1.54) is 10.4 Å². The van der Waals surface area contributed by atoms with Gasteiger partial charge in [0.1, 0.15) is 16.3 Å². The number of hydrogen-bond acceptors (Lipinski definition) is 4. The highest BCUT2D eigenvalue weighted by atomic mass is 32.2. The molecule has 2 N–H and O–H groups in total. The van der Waals surface area contributed by atoms with Gasteiger partial charge in [0.2, 0.25) is 10.0 Å². The first-order valence-corrected chi connectivity index (χ1v) is 11.0. The molecular weight excluding hydrogens is 390 g/mol. The van der Waals surface area contributed by atoms with Gasteiger partial charge in [0.25, 0.3) is 5.91 Å². The summed E-state index contributed by atoms with van der Waals surface area (Å²) >= 11 is 0. The number of ether oxygens (including phenoxy) is 1. The molecule has 2 aromatic carbocycles. The zero-order valence-corrected chi connectivity index (χ0v) is 17.5. The normalized spacial score (nSPS) is 11.7. The van der Waals surface area contributed by atoms with Crippen LogP contribution in [0.25, 0.3) is 10.9 Å². The van der Waals surface area contributed by atoms with Crippen molar-refractivity contribution >= 4 is 32.5 Å². The van der Waals surface area contributed by atoms with Crippen LogP contribution in [-0.4, -0.2) is 43.3 Å². The third kappa shape index (κ3) is 4.28. The highest BCUT2D eigenvalue weighted by Gasteiger charge is 2.26. The summed E-state index contributed by atoms with van der Waals surface area (Å²) in [5.41, 5.74) is 1.63. The lowest BCUT2D eigenvalue weighted by Gasteiger charge is -2.21. The summed E-state index contributed by atoms with van der Waals surface area (Å²) in [5, 5.41) is 3.69. The first-order valence-electron chi connectivity index (χ1n) is 9.56. The number of benzene rings is 2. The van der Waals surface area contributed by atoms with Crippen LogP contribution in [0.1, 0.15) is 31.3 Å². The van der Waals surface area contributed by atoms with Crippen LogP contribution in [0.2, 0.25) is 0 Å². The maximum atomic E-state index is 13.0. The maximum Gasteiger partial charge on any atom is 0.272 e. The third-order valence-corrected chi connectivity index (χ3v) is 6.67. The van der Waals surface area contributed by atoms with Crippen LogP contribution in [0.15, 0.2) is 53.4 Å². The fourth-order valence-electron chi connectivity index (χ4n) is 3.16. The molecule has 0 atom stereocenters. The zero-order chi connectivity index (χ0) is 21.0. The van der Waals surface area contributed by atoms with Crippen molar-refractivity contribution in [3.05, 3.63) is 54.2 Å². The van der Waals surface area contributed by atoms with E-state index >= 15 is 0 Å². The second-order valence-electron chi connectivity index (χ2n) is 6.41. The summed E-state index contributed by atoms with van der Waals surface area (Å²) in [6.45, 7) is 6.37. The van der Waals surface area contributed by atoms with Crippen molar-refractivity contribution in [2.75, 3.05) is 25.0 Å². The number of fused-ring (bicyclic) bond motifs is 1. The fourth-order valence-corrected chi connectivity index (χ4v) is 4.77. The highest BCUT2D eigenvalue weighted by Crippen LogP contribution is 2.30. The van der Waals surface area contributed by atoms with Gasteiger partial charge in [0.15, 0.2) is 0 Å². The van der Waals surface area contributed by atoms with E-state index < -0.39 is 10.0 Å². The highest BCUT2D eigenvalue weighted by molar-refractivity contribution is 7.89. The summed E-state index contributed by atoms with van der Waals surface area (Å²) in [4.78, 5) is 15.8. The Balaban J connectivity index is 1.94. The number of amides is 1. The van der Waals surface area contributed by atoms with Crippen LogP contribution in [0.5, 0.6) is 5.75 Å². The van der Waals surface area contributed by atoms with E-state index in [0.717, 1.165) is 10.9 Å². The lowest BCUT2D eigenvalue weighted by atomic mass is 10.2. The van der Waals surface area contributed by atoms with Gasteiger partial charge in [-0.05, 0) is 37.3 Å². The summed E-state index contributed by atoms with van der Waals surface area (Å²) in [5.74, 6) is -0.0837. The van der Waals surface area contributed by atoms with Gasteiger partial charge < -0.3 is 15.0 Å². The minimum absolute atomic E-state index is 0.0393.